The lowest BCUT2D eigenvalue weighted by molar-refractivity contribution is -0.928. The van der Waals surface area contributed by atoms with Crippen LogP contribution in [0.3, 0.4) is 0 Å². The number of aryl methyl sites for hydroxylation is 1. The maximum atomic E-state index is 14.3. The molecule has 0 saturated carbocycles. The maximum absolute atomic E-state index is 14.3. The highest BCUT2D eigenvalue weighted by atomic mass is 127. The number of piperidine rings is 1. The van der Waals surface area contributed by atoms with Crippen LogP contribution in [0.5, 0.6) is 5.75 Å². The van der Waals surface area contributed by atoms with E-state index in [4.69, 9.17) is 10.5 Å². The first kappa shape index (κ1) is 27.4. The zero-order valence-electron chi connectivity index (χ0n) is 21.9. The van der Waals surface area contributed by atoms with Crippen LogP contribution in [0.25, 0.3) is 17.2 Å². The maximum Gasteiger partial charge on any atom is 0.216 e. The fourth-order valence-corrected chi connectivity index (χ4v) is 5.68. The number of rotatable bonds is 6. The molecule has 0 aromatic heterocycles. The Bertz CT molecular complexity index is 1260. The van der Waals surface area contributed by atoms with Crippen molar-refractivity contribution in [1.82, 2.24) is 0 Å². The highest BCUT2D eigenvalue weighted by molar-refractivity contribution is 6.03. The molecule has 4 nitrogen and oxygen atoms in total. The van der Waals surface area contributed by atoms with Gasteiger partial charge in [0, 0.05) is 29.7 Å². The summed E-state index contributed by atoms with van der Waals surface area (Å²) in [6.45, 7) is 4.71. The summed E-state index contributed by atoms with van der Waals surface area (Å²) in [7, 11) is 2.27. The van der Waals surface area contributed by atoms with Gasteiger partial charge in [-0.3, -0.25) is 4.79 Å². The summed E-state index contributed by atoms with van der Waals surface area (Å²) < 4.78 is 6.90. The third-order valence-electron chi connectivity index (χ3n) is 7.97. The number of nitrogens with zero attached hydrogens (tertiary/aromatic N) is 1. The van der Waals surface area contributed by atoms with E-state index in [0.717, 1.165) is 52.1 Å². The molecule has 0 radical (unpaired) electrons. The number of anilines is 1. The number of carbonyl (C=O) groups excluding carboxylic acids is 1. The van der Waals surface area contributed by atoms with Crippen LogP contribution in [0.15, 0.2) is 72.3 Å². The van der Waals surface area contributed by atoms with E-state index in [-0.39, 0.29) is 35.8 Å². The molecule has 3 aromatic rings. The van der Waals surface area contributed by atoms with Gasteiger partial charge in [-0.25, -0.2) is 0 Å². The Morgan fingerprint density at radius 3 is 2.32 bits per heavy atom. The van der Waals surface area contributed by atoms with E-state index >= 15 is 0 Å². The molecule has 0 bridgehead atoms. The van der Waals surface area contributed by atoms with E-state index in [1.807, 2.05) is 18.2 Å². The van der Waals surface area contributed by atoms with Crippen molar-refractivity contribution < 1.29 is 38.0 Å². The fourth-order valence-electron chi connectivity index (χ4n) is 5.68. The third-order valence-corrected chi connectivity index (χ3v) is 7.97. The van der Waals surface area contributed by atoms with Crippen LogP contribution in [0.4, 0.5) is 5.69 Å². The number of halogens is 1. The SMILES string of the molecule is Cc1ccc(-c2ccc3c(c2)C=C(C(=O)C(Cc2ccc(N)cc2)[N+]2(C)CCCCC2)CCO3)cc1.[I-]. The first-order chi connectivity index (χ1) is 17.4. The van der Waals surface area contributed by atoms with Crippen LogP contribution in [-0.2, 0) is 11.2 Å². The number of carbonyl (C=O) groups is 1. The van der Waals surface area contributed by atoms with Crippen molar-refractivity contribution in [2.75, 3.05) is 32.5 Å². The number of likely N-dealkylation sites (tertiary alicyclic amines) is 1. The molecule has 5 heteroatoms. The van der Waals surface area contributed by atoms with Crippen molar-refractivity contribution in [3.8, 4) is 16.9 Å². The van der Waals surface area contributed by atoms with E-state index in [1.165, 1.54) is 36.0 Å². The molecule has 1 fully saturated rings. The molecule has 3 aromatic carbocycles. The highest BCUT2D eigenvalue weighted by Gasteiger charge is 2.40. The summed E-state index contributed by atoms with van der Waals surface area (Å²) in [5.41, 5.74) is 13.3. The summed E-state index contributed by atoms with van der Waals surface area (Å²) in [5, 5.41) is 0. The lowest BCUT2D eigenvalue weighted by atomic mass is 9.90. The van der Waals surface area contributed by atoms with Gasteiger partial charge in [-0.1, -0.05) is 48.0 Å². The average Bonchev–Trinajstić information content (AvgIpc) is 3.11. The summed E-state index contributed by atoms with van der Waals surface area (Å²) in [6.07, 6.45) is 7.05. The summed E-state index contributed by atoms with van der Waals surface area (Å²) in [4.78, 5) is 14.3. The second kappa shape index (κ2) is 11.8. The van der Waals surface area contributed by atoms with Gasteiger partial charge in [0.1, 0.15) is 5.75 Å². The van der Waals surface area contributed by atoms with E-state index in [0.29, 0.717) is 13.0 Å². The van der Waals surface area contributed by atoms with Crippen molar-refractivity contribution in [2.24, 2.45) is 0 Å². The summed E-state index contributed by atoms with van der Waals surface area (Å²) >= 11 is 0. The molecule has 0 aliphatic carbocycles. The standard InChI is InChI=1S/C32H37N2O2.HI/c1-23-6-10-25(11-7-23)26-12-15-31-28(21-26)22-27(16-19-36-31)32(35)30(34(2)17-4-3-5-18-34)20-24-8-13-29(33)14-9-24;/h6-15,21-22,30H,3-5,16-20,33H2,1-2H3;1H/q+1;/p-1. The van der Waals surface area contributed by atoms with E-state index in [1.54, 1.807) is 0 Å². The quantitative estimate of drug-likeness (QED) is 0.266. The van der Waals surface area contributed by atoms with Gasteiger partial charge in [-0.05, 0) is 73.2 Å². The number of nitrogens with two attached hydrogens (primary N) is 1. The largest absolute Gasteiger partial charge is 1.00 e. The minimum absolute atomic E-state index is 0. The fraction of sp³-hybridized carbons (Fsp3) is 0.344. The van der Waals surface area contributed by atoms with Crippen LogP contribution in [-0.4, -0.2) is 43.1 Å². The number of hydrogen-bond donors (Lipinski definition) is 1. The second-order valence-corrected chi connectivity index (χ2v) is 10.7. The normalized spacial score (nSPS) is 17.3. The molecule has 2 aliphatic rings. The lowest BCUT2D eigenvalue weighted by Gasteiger charge is -2.43. The molecular formula is C32H37IN2O2. The van der Waals surface area contributed by atoms with Crippen LogP contribution in [0, 0.1) is 6.92 Å². The predicted octanol–water partition coefficient (Wildman–Crippen LogP) is 3.23. The Labute approximate surface area is 238 Å². The molecule has 2 heterocycles. The van der Waals surface area contributed by atoms with E-state index in [9.17, 15) is 4.79 Å². The van der Waals surface area contributed by atoms with Gasteiger partial charge in [0.15, 0.2) is 6.04 Å². The van der Waals surface area contributed by atoms with Gasteiger partial charge in [0.2, 0.25) is 5.78 Å². The summed E-state index contributed by atoms with van der Waals surface area (Å²) in [6, 6.07) is 22.8. The lowest BCUT2D eigenvalue weighted by Crippen LogP contribution is -3.00. The molecule has 1 saturated heterocycles. The number of quaternary nitrogens is 1. The monoisotopic (exact) mass is 608 g/mol. The molecule has 1 unspecified atom stereocenters. The minimum Gasteiger partial charge on any atom is -1.00 e. The van der Waals surface area contributed by atoms with Gasteiger partial charge in [-0.2, -0.15) is 0 Å². The van der Waals surface area contributed by atoms with Gasteiger partial charge < -0.3 is 38.9 Å². The molecule has 5 rings (SSSR count). The van der Waals surface area contributed by atoms with Crippen LogP contribution in [0.1, 0.15) is 42.4 Å². The van der Waals surface area contributed by atoms with Crippen molar-refractivity contribution in [3.63, 3.8) is 0 Å². The number of fused-ring (bicyclic) bond motifs is 1. The van der Waals surface area contributed by atoms with Gasteiger partial charge in [0.25, 0.3) is 0 Å². The molecule has 2 aliphatic heterocycles. The molecule has 37 heavy (non-hydrogen) atoms. The number of nitrogen functional groups attached to an aromatic ring is 1. The Hall–Kier alpha value is -2.64. The van der Waals surface area contributed by atoms with Gasteiger partial charge in [0.05, 0.1) is 26.7 Å². The van der Waals surface area contributed by atoms with Crippen LogP contribution in [0.2, 0.25) is 0 Å². The van der Waals surface area contributed by atoms with E-state index < -0.39 is 0 Å². The predicted molar refractivity (Wildman–Crippen MR) is 148 cm³/mol. The van der Waals surface area contributed by atoms with Gasteiger partial charge >= 0.3 is 0 Å². The summed E-state index contributed by atoms with van der Waals surface area (Å²) in [5.74, 6) is 1.11. The zero-order chi connectivity index (χ0) is 25.1. The van der Waals surface area contributed by atoms with Crippen LogP contribution < -0.4 is 34.4 Å². The minimum atomic E-state index is -0.109. The third kappa shape index (κ3) is 6.27. The van der Waals surface area contributed by atoms with Crippen molar-refractivity contribution in [2.45, 2.75) is 45.1 Å². The first-order valence-corrected chi connectivity index (χ1v) is 13.2. The Balaban J connectivity index is 0.00000320. The second-order valence-electron chi connectivity index (χ2n) is 10.7. The number of likely N-dealkylation sites (N-methyl/N-ethyl adjacent to an activating group) is 1. The topological polar surface area (TPSA) is 52.3 Å². The molecule has 0 spiro atoms. The average molecular weight is 609 g/mol. The number of ketones is 1. The highest BCUT2D eigenvalue weighted by Crippen LogP contribution is 2.33. The Morgan fingerprint density at radius 1 is 0.946 bits per heavy atom. The smallest absolute Gasteiger partial charge is 0.216 e. The molecule has 194 valence electrons. The van der Waals surface area contributed by atoms with Gasteiger partial charge in [-0.15, -0.1) is 0 Å². The van der Waals surface area contributed by atoms with E-state index in [2.05, 4.69) is 68.6 Å². The van der Waals surface area contributed by atoms with Crippen molar-refractivity contribution in [1.29, 1.82) is 0 Å². The molecule has 2 N–H and O–H groups in total. The zero-order valence-corrected chi connectivity index (χ0v) is 24.0. The molecular weight excluding hydrogens is 571 g/mol. The number of hydrogen-bond acceptors (Lipinski definition) is 3. The number of ether oxygens (including phenoxy) is 1. The Kier molecular flexibility index (Phi) is 8.75. The van der Waals surface area contributed by atoms with Crippen LogP contribution >= 0.6 is 0 Å². The first-order valence-electron chi connectivity index (χ1n) is 13.2. The molecule has 1 atom stereocenters. The van der Waals surface area contributed by atoms with Crippen molar-refractivity contribution in [3.05, 3.63) is 89.0 Å². The molecule has 0 amide bonds. The number of Topliss-reactive ketones (excluding diaryl/α,β-unsaturated/α-hetero) is 1. The Morgan fingerprint density at radius 2 is 1.62 bits per heavy atom. The number of benzene rings is 3. The van der Waals surface area contributed by atoms with Crippen molar-refractivity contribution >= 4 is 17.5 Å².